The van der Waals surface area contributed by atoms with Crippen LogP contribution in [0.25, 0.3) is 10.4 Å². The molecule has 5 atom stereocenters. The molecule has 4 aromatic rings. The summed E-state index contributed by atoms with van der Waals surface area (Å²) in [4.78, 5) is 50.8. The third-order valence-electron chi connectivity index (χ3n) is 12.4. The smallest absolute Gasteiger partial charge is 0.260 e. The first-order chi connectivity index (χ1) is 29.7. The summed E-state index contributed by atoms with van der Waals surface area (Å²) < 4.78 is 11.5. The van der Waals surface area contributed by atoms with Gasteiger partial charge in [0.1, 0.15) is 22.6 Å². The lowest BCUT2D eigenvalue weighted by Crippen LogP contribution is -2.48. The highest BCUT2D eigenvalue weighted by atomic mass is 32.2. The molecule has 2 fully saturated rings. The number of phenols is 1. The Kier molecular flexibility index (Phi) is 12.4. The van der Waals surface area contributed by atoms with Crippen molar-refractivity contribution in [1.29, 1.82) is 0 Å². The Labute approximate surface area is 369 Å². The van der Waals surface area contributed by atoms with Crippen LogP contribution >= 0.6 is 23.1 Å². The number of piperidine rings is 1. The fraction of sp³-hybridized carbons (Fsp3) is 0.435. The van der Waals surface area contributed by atoms with Gasteiger partial charge < -0.3 is 34.6 Å². The van der Waals surface area contributed by atoms with Gasteiger partial charge in [-0.25, -0.2) is 4.98 Å². The van der Waals surface area contributed by atoms with E-state index in [1.165, 1.54) is 21.4 Å². The van der Waals surface area contributed by atoms with Crippen molar-refractivity contribution in [3.63, 3.8) is 0 Å². The molecule has 16 heteroatoms. The summed E-state index contributed by atoms with van der Waals surface area (Å²) in [6, 6.07) is 15.5. The molecule has 6 heterocycles. The monoisotopic (exact) mass is 879 g/mol. The minimum atomic E-state index is -0.869. The van der Waals surface area contributed by atoms with Crippen LogP contribution in [0.3, 0.4) is 0 Å². The Morgan fingerprint density at radius 1 is 1.08 bits per heavy atom. The third-order valence-corrected chi connectivity index (χ3v) is 15.0. The number of β-amino-alcohol motifs (C(OH)–C–C–N with tert-alkyl or cyclic N) is 1. The Bertz CT molecular complexity index is 2430. The molecule has 0 saturated carbocycles. The van der Waals surface area contributed by atoms with Crippen LogP contribution in [0, 0.1) is 18.8 Å². The number of nitrogens with one attached hydrogen (secondary N) is 2. The first-order valence-electron chi connectivity index (χ1n) is 21.1. The zero-order valence-corrected chi connectivity index (χ0v) is 37.4. The number of aromatic nitrogens is 2. The van der Waals surface area contributed by atoms with Crippen molar-refractivity contribution in [2.75, 3.05) is 26.2 Å². The lowest BCUT2D eigenvalue weighted by Gasteiger charge is -2.33. The zero-order valence-electron chi connectivity index (χ0n) is 35.8. The first kappa shape index (κ1) is 43.2. The molecule has 0 spiro atoms. The molecule has 4 aliphatic rings. The van der Waals surface area contributed by atoms with Crippen LogP contribution < -0.4 is 15.5 Å². The Hall–Kier alpha value is -5.45. The summed E-state index contributed by atoms with van der Waals surface area (Å²) >= 11 is 3.35. The number of hydrogen-bond donors (Lipinski definition) is 4. The Morgan fingerprint density at radius 3 is 2.52 bits per heavy atom. The maximum atomic E-state index is 14.2. The summed E-state index contributed by atoms with van der Waals surface area (Å²) in [5.74, 6) is -1.10. The minimum absolute atomic E-state index is 0.0126. The highest BCUT2D eigenvalue weighted by Gasteiger charge is 2.45. The molecule has 0 aliphatic carbocycles. The second-order valence-electron chi connectivity index (χ2n) is 17.1. The van der Waals surface area contributed by atoms with Crippen LogP contribution in [-0.2, 0) is 14.4 Å². The Balaban J connectivity index is 0.850. The summed E-state index contributed by atoms with van der Waals surface area (Å²) in [5.41, 5.74) is 11.8. The molecule has 8 rings (SSSR count). The van der Waals surface area contributed by atoms with E-state index in [-0.39, 0.29) is 72.6 Å². The fourth-order valence-corrected chi connectivity index (χ4v) is 11.3. The molecular formula is C46H53N7O7S2. The van der Waals surface area contributed by atoms with Crippen molar-refractivity contribution in [2.24, 2.45) is 16.9 Å². The number of amides is 3. The number of thiazole rings is 1. The van der Waals surface area contributed by atoms with Gasteiger partial charge in [0.05, 0.1) is 33.9 Å². The van der Waals surface area contributed by atoms with Gasteiger partial charge in [-0.05, 0) is 103 Å². The van der Waals surface area contributed by atoms with Gasteiger partial charge in [0.25, 0.3) is 11.8 Å². The predicted octanol–water partition coefficient (Wildman–Crippen LogP) is 6.68. The van der Waals surface area contributed by atoms with Gasteiger partial charge >= 0.3 is 0 Å². The lowest BCUT2D eigenvalue weighted by atomic mass is 9.89. The number of likely N-dealkylation sites (tertiary alicyclic amines) is 2. The highest BCUT2D eigenvalue weighted by Crippen LogP contribution is 2.53. The number of benzene rings is 2. The molecule has 62 heavy (non-hydrogen) atoms. The average molecular weight is 880 g/mol. The summed E-state index contributed by atoms with van der Waals surface area (Å²) in [6.45, 7) is 12.8. The number of aliphatic hydroxyl groups is 1. The molecule has 3 amide bonds. The van der Waals surface area contributed by atoms with E-state index in [1.54, 1.807) is 35.2 Å². The number of carbonyl (C=O) groups excluding carboxylic acids is 3. The van der Waals surface area contributed by atoms with Crippen molar-refractivity contribution >= 4 is 46.5 Å². The largest absolute Gasteiger partial charge is 0.507 e. The average Bonchev–Trinajstić information content (AvgIpc) is 4.06. The number of hydrazone groups is 1. The number of aryl methyl sites for hydroxylation is 1. The first-order valence-corrected chi connectivity index (χ1v) is 22.8. The van der Waals surface area contributed by atoms with Gasteiger partial charge in [-0.3, -0.25) is 19.8 Å². The number of ether oxygens (including phenoxy) is 1. The number of allylic oxidation sites excluding steroid dienone is 2. The van der Waals surface area contributed by atoms with Gasteiger partial charge in [0.2, 0.25) is 11.8 Å². The van der Waals surface area contributed by atoms with Gasteiger partial charge in [0.15, 0.2) is 12.4 Å². The van der Waals surface area contributed by atoms with Crippen LogP contribution in [0.4, 0.5) is 0 Å². The van der Waals surface area contributed by atoms with E-state index in [0.717, 1.165) is 40.1 Å². The second-order valence-corrected chi connectivity index (χ2v) is 19.4. The quantitative estimate of drug-likeness (QED) is 0.119. The van der Waals surface area contributed by atoms with E-state index in [9.17, 15) is 24.6 Å². The Morgan fingerprint density at radius 2 is 1.82 bits per heavy atom. The molecule has 0 radical (unpaired) electrons. The molecule has 1 unspecified atom stereocenters. The van der Waals surface area contributed by atoms with Crippen molar-refractivity contribution in [3.05, 3.63) is 105 Å². The molecule has 4 aliphatic heterocycles. The molecule has 2 saturated heterocycles. The summed E-state index contributed by atoms with van der Waals surface area (Å²) in [6.07, 6.45) is 2.93. The molecule has 2 aromatic heterocycles. The number of aliphatic hydroxyl groups excluding tert-OH is 1. The van der Waals surface area contributed by atoms with E-state index < -0.39 is 22.9 Å². The topological polar surface area (TPSA) is 183 Å². The number of para-hydroxylation sites is 1. The number of fused-ring (bicyclic) bond motifs is 1. The van der Waals surface area contributed by atoms with Crippen LogP contribution in [0.15, 0.2) is 91.9 Å². The molecule has 2 aromatic carbocycles. The number of hydrogen-bond acceptors (Lipinski definition) is 13. The molecule has 4 N–H and O–H groups in total. The second kappa shape index (κ2) is 17.7. The van der Waals surface area contributed by atoms with Crippen molar-refractivity contribution in [2.45, 2.75) is 89.8 Å². The van der Waals surface area contributed by atoms with E-state index >= 15 is 0 Å². The van der Waals surface area contributed by atoms with Gasteiger partial charge in [0, 0.05) is 37.7 Å². The number of carbonyl (C=O) groups is 3. The van der Waals surface area contributed by atoms with Crippen molar-refractivity contribution in [1.82, 2.24) is 30.7 Å². The number of nitrogens with zero attached hydrogens (tertiary/aromatic N) is 5. The van der Waals surface area contributed by atoms with Crippen LogP contribution in [0.5, 0.6) is 11.6 Å². The molecule has 326 valence electrons. The minimum Gasteiger partial charge on any atom is -0.507 e. The zero-order chi connectivity index (χ0) is 43.9. The van der Waals surface area contributed by atoms with Gasteiger partial charge in [-0.1, -0.05) is 62.0 Å². The van der Waals surface area contributed by atoms with Gasteiger partial charge in [-0.15, -0.1) is 11.3 Å². The van der Waals surface area contributed by atoms with E-state index in [1.807, 2.05) is 74.5 Å². The number of rotatable bonds is 12. The normalized spacial score (nSPS) is 22.5. The van der Waals surface area contributed by atoms with Crippen molar-refractivity contribution in [3.8, 4) is 22.1 Å². The van der Waals surface area contributed by atoms with E-state index in [2.05, 4.69) is 45.9 Å². The maximum Gasteiger partial charge on any atom is 0.260 e. The lowest BCUT2D eigenvalue weighted by molar-refractivity contribution is -0.141. The number of thioether (sulfide) groups is 1. The molecular weight excluding hydrogens is 827 g/mol. The SMILES string of the molecule is CC1=C(C2CCN(C(=O)COc3cc([C@H](C(=O)N4C[C@H](O)C[C@H]4C(=O)N[C@@H](C)c4ccc(-c5scnc5C)cc4)C(C)C)on3)CC2)SC2(C)NN=C(c3ccccc3O)C=C12. The number of phenolic OH excluding ortho intramolecular Hbond substituents is 1. The van der Waals surface area contributed by atoms with E-state index in [0.29, 0.717) is 24.4 Å². The van der Waals surface area contributed by atoms with Crippen LogP contribution in [0.2, 0.25) is 0 Å². The van der Waals surface area contributed by atoms with Gasteiger partial charge in [-0.2, -0.15) is 5.10 Å². The summed E-state index contributed by atoms with van der Waals surface area (Å²) in [5, 5.41) is 32.8. The fourth-order valence-electron chi connectivity index (χ4n) is 8.94. The van der Waals surface area contributed by atoms with Crippen LogP contribution in [-0.4, -0.2) is 96.8 Å². The molecule has 14 nitrogen and oxygen atoms in total. The summed E-state index contributed by atoms with van der Waals surface area (Å²) in [7, 11) is 0. The van der Waals surface area contributed by atoms with Crippen LogP contribution in [0.1, 0.15) is 88.4 Å². The molecule has 0 bridgehead atoms. The third kappa shape index (κ3) is 8.64. The highest BCUT2D eigenvalue weighted by molar-refractivity contribution is 8.04. The standard InChI is InChI=1S/C46H53N7O7S2/c1-25(2)41(45(58)53-22-32(54)19-36(53)44(57)48-27(4)29-11-13-30(14-12-29)43-28(5)47-24-61-43)38-21-39(50-60-38)59-23-40(56)52-17-15-31(16-18-52)42-26(3)34-20-35(49-51-46(34,6)62-42)33-9-7-8-10-37(33)55/h7-14,20-21,24-25,27,31-32,36,41,51,54-55H,15-19,22-23H2,1-6H3,(H,48,57)/t27-,32+,36-,41+,46?/m0/s1. The maximum absolute atomic E-state index is 14.2. The van der Waals surface area contributed by atoms with Crippen molar-refractivity contribution < 1.29 is 33.9 Å². The van der Waals surface area contributed by atoms with E-state index in [4.69, 9.17) is 9.26 Å². The number of aromatic hydroxyl groups is 1. The predicted molar refractivity (Wildman–Crippen MR) is 238 cm³/mol.